The maximum Gasteiger partial charge on any atom is 0.329 e. The molecule has 0 aliphatic carbocycles. The van der Waals surface area contributed by atoms with Crippen LogP contribution in [0.2, 0.25) is 5.02 Å². The predicted octanol–water partition coefficient (Wildman–Crippen LogP) is 2.16. The second kappa shape index (κ2) is 8.85. The molecule has 2 fully saturated rings. The van der Waals surface area contributed by atoms with E-state index < -0.39 is 5.97 Å². The molecule has 0 spiro atoms. The van der Waals surface area contributed by atoms with Crippen molar-refractivity contribution in [2.75, 3.05) is 37.8 Å². The third-order valence-electron chi connectivity index (χ3n) is 4.86. The molecule has 1 aromatic rings. The largest absolute Gasteiger partial charge is 0.480 e. The van der Waals surface area contributed by atoms with Crippen LogP contribution in [0.25, 0.3) is 0 Å². The molecule has 0 amide bonds. The number of ether oxygens (including phenoxy) is 2. The summed E-state index contributed by atoms with van der Waals surface area (Å²) in [6.45, 7) is 2.75. The number of carbonyl (C=O) groups is 1. The molecule has 2 atom stereocenters. The number of halogens is 1. The fourth-order valence-corrected chi connectivity index (χ4v) is 3.80. The summed E-state index contributed by atoms with van der Waals surface area (Å²) in [5.74, 6) is -0.947. The third kappa shape index (κ3) is 5.07. The van der Waals surface area contributed by atoms with E-state index in [-0.39, 0.29) is 18.8 Å². The van der Waals surface area contributed by atoms with Crippen molar-refractivity contribution in [1.29, 1.82) is 0 Å². The summed E-state index contributed by atoms with van der Waals surface area (Å²) in [6.07, 6.45) is 2.68. The highest BCUT2D eigenvalue weighted by molar-refractivity contribution is 6.33. The molecule has 2 aliphatic rings. The molecule has 2 saturated heterocycles. The Labute approximate surface area is 153 Å². The van der Waals surface area contributed by atoms with E-state index in [0.717, 1.165) is 43.1 Å². The van der Waals surface area contributed by atoms with Crippen molar-refractivity contribution in [3.05, 3.63) is 29.3 Å². The average molecular weight is 369 g/mol. The van der Waals surface area contributed by atoms with Crippen molar-refractivity contribution >= 4 is 23.3 Å². The number of carboxylic acid groups (broad SMARTS) is 1. The lowest BCUT2D eigenvalue weighted by atomic mass is 9.99. The van der Waals surface area contributed by atoms with Gasteiger partial charge in [0.25, 0.3) is 0 Å². The van der Waals surface area contributed by atoms with Gasteiger partial charge in [0, 0.05) is 31.8 Å². The molecule has 0 bridgehead atoms. The summed E-state index contributed by atoms with van der Waals surface area (Å²) in [5.41, 5.74) is 1.09. The number of anilines is 1. The minimum Gasteiger partial charge on any atom is -0.480 e. The molecule has 138 valence electrons. The van der Waals surface area contributed by atoms with Crippen LogP contribution in [-0.4, -0.2) is 62.2 Å². The lowest BCUT2D eigenvalue weighted by Crippen LogP contribution is -2.54. The van der Waals surface area contributed by atoms with E-state index in [2.05, 4.69) is 16.3 Å². The van der Waals surface area contributed by atoms with Crippen LogP contribution in [0.5, 0.6) is 0 Å². The number of nitrogens with one attached hydrogen (secondary N) is 1. The van der Waals surface area contributed by atoms with Crippen molar-refractivity contribution in [2.45, 2.75) is 37.5 Å². The first-order chi connectivity index (χ1) is 12.1. The third-order valence-corrected chi connectivity index (χ3v) is 5.18. The van der Waals surface area contributed by atoms with E-state index in [4.69, 9.17) is 26.2 Å². The molecule has 1 aromatic carbocycles. The second-order valence-electron chi connectivity index (χ2n) is 6.59. The van der Waals surface area contributed by atoms with E-state index in [0.29, 0.717) is 19.3 Å². The van der Waals surface area contributed by atoms with Gasteiger partial charge in [-0.3, -0.25) is 0 Å². The molecule has 0 saturated carbocycles. The molecule has 25 heavy (non-hydrogen) atoms. The molecule has 2 N–H and O–H groups in total. The Hall–Kier alpha value is -1.34. The Morgan fingerprint density at radius 1 is 1.32 bits per heavy atom. The zero-order valence-electron chi connectivity index (χ0n) is 14.2. The van der Waals surface area contributed by atoms with Gasteiger partial charge in [-0.05, 0) is 31.4 Å². The van der Waals surface area contributed by atoms with E-state index in [1.165, 1.54) is 0 Å². The Kier molecular flexibility index (Phi) is 6.53. The van der Waals surface area contributed by atoms with Gasteiger partial charge in [0.2, 0.25) is 0 Å². The fourth-order valence-electron chi connectivity index (χ4n) is 3.54. The normalized spacial score (nSPS) is 25.1. The highest BCUT2D eigenvalue weighted by atomic mass is 35.5. The van der Waals surface area contributed by atoms with Gasteiger partial charge in [-0.15, -0.1) is 0 Å². The molecule has 3 rings (SSSR count). The van der Waals surface area contributed by atoms with Gasteiger partial charge in [-0.2, -0.15) is 0 Å². The number of carboxylic acids is 1. The first kappa shape index (κ1) is 18.5. The quantitative estimate of drug-likeness (QED) is 0.801. The standard InChI is InChI=1S/C18H25ClN2O4/c19-14-3-1-2-4-16(14)21-8-5-13(6-9-21)20-15-7-10-24-11-17(15)25-12-18(22)23/h1-4,13,15,17,20H,5-12H2,(H,22,23)/t15-,17-/m1/s1. The van der Waals surface area contributed by atoms with E-state index in [9.17, 15) is 4.79 Å². The number of nitrogens with zero attached hydrogens (tertiary/aromatic N) is 1. The van der Waals surface area contributed by atoms with Gasteiger partial charge >= 0.3 is 5.97 Å². The SMILES string of the molecule is O=C(O)CO[C@@H]1COCC[C@H]1NC1CCN(c2ccccc2Cl)CC1. The number of aliphatic carboxylic acids is 1. The summed E-state index contributed by atoms with van der Waals surface area (Å²) in [4.78, 5) is 13.1. The number of para-hydroxylation sites is 1. The number of benzene rings is 1. The number of hydrogen-bond acceptors (Lipinski definition) is 5. The number of hydrogen-bond donors (Lipinski definition) is 2. The van der Waals surface area contributed by atoms with Gasteiger partial charge in [-0.1, -0.05) is 23.7 Å². The predicted molar refractivity (Wildman–Crippen MR) is 96.4 cm³/mol. The summed E-state index contributed by atoms with van der Waals surface area (Å²) >= 11 is 6.29. The maximum atomic E-state index is 10.7. The Morgan fingerprint density at radius 2 is 2.08 bits per heavy atom. The van der Waals surface area contributed by atoms with Crippen molar-refractivity contribution < 1.29 is 19.4 Å². The van der Waals surface area contributed by atoms with E-state index in [1.807, 2.05) is 18.2 Å². The first-order valence-electron chi connectivity index (χ1n) is 8.80. The van der Waals surface area contributed by atoms with Crippen LogP contribution in [0, 0.1) is 0 Å². The van der Waals surface area contributed by atoms with Crippen molar-refractivity contribution in [2.24, 2.45) is 0 Å². The number of piperidine rings is 1. The van der Waals surface area contributed by atoms with Gasteiger partial charge < -0.3 is 24.8 Å². The zero-order chi connectivity index (χ0) is 17.6. The van der Waals surface area contributed by atoms with Crippen LogP contribution in [0.1, 0.15) is 19.3 Å². The van der Waals surface area contributed by atoms with E-state index >= 15 is 0 Å². The summed E-state index contributed by atoms with van der Waals surface area (Å²) in [7, 11) is 0. The Bertz CT molecular complexity index is 578. The highest BCUT2D eigenvalue weighted by Gasteiger charge is 2.30. The Morgan fingerprint density at radius 3 is 2.80 bits per heavy atom. The summed E-state index contributed by atoms with van der Waals surface area (Å²) in [6, 6.07) is 8.49. The van der Waals surface area contributed by atoms with Crippen molar-refractivity contribution in [3.63, 3.8) is 0 Å². The van der Waals surface area contributed by atoms with Gasteiger partial charge in [-0.25, -0.2) is 4.79 Å². The monoisotopic (exact) mass is 368 g/mol. The average Bonchev–Trinajstić information content (AvgIpc) is 2.62. The van der Waals surface area contributed by atoms with Crippen LogP contribution in [0.15, 0.2) is 24.3 Å². The summed E-state index contributed by atoms with van der Waals surface area (Å²) < 4.78 is 10.9. The molecule has 7 heteroatoms. The molecular weight excluding hydrogens is 344 g/mol. The summed E-state index contributed by atoms with van der Waals surface area (Å²) in [5, 5.41) is 13.3. The molecule has 0 aromatic heterocycles. The first-order valence-corrected chi connectivity index (χ1v) is 9.18. The van der Waals surface area contributed by atoms with Crippen LogP contribution >= 0.6 is 11.6 Å². The molecule has 0 radical (unpaired) electrons. The minimum absolute atomic E-state index is 0.143. The van der Waals surface area contributed by atoms with Crippen LogP contribution in [-0.2, 0) is 14.3 Å². The molecule has 0 unspecified atom stereocenters. The molecule has 2 aliphatic heterocycles. The van der Waals surface area contributed by atoms with Crippen LogP contribution in [0.3, 0.4) is 0 Å². The molecular formula is C18H25ClN2O4. The Balaban J connectivity index is 1.50. The van der Waals surface area contributed by atoms with Crippen molar-refractivity contribution in [3.8, 4) is 0 Å². The number of rotatable bonds is 6. The van der Waals surface area contributed by atoms with Crippen LogP contribution in [0.4, 0.5) is 5.69 Å². The lowest BCUT2D eigenvalue weighted by molar-refractivity contribution is -0.148. The second-order valence-corrected chi connectivity index (χ2v) is 7.00. The maximum absolute atomic E-state index is 10.7. The van der Waals surface area contributed by atoms with Crippen molar-refractivity contribution in [1.82, 2.24) is 5.32 Å². The lowest BCUT2D eigenvalue weighted by Gasteiger charge is -2.39. The molecule has 6 nitrogen and oxygen atoms in total. The minimum atomic E-state index is -0.947. The van der Waals surface area contributed by atoms with Gasteiger partial charge in [0.05, 0.1) is 23.4 Å². The fraction of sp³-hybridized carbons (Fsp3) is 0.611. The van der Waals surface area contributed by atoms with E-state index in [1.54, 1.807) is 0 Å². The highest BCUT2D eigenvalue weighted by Crippen LogP contribution is 2.28. The topological polar surface area (TPSA) is 71.0 Å². The molecule has 2 heterocycles. The van der Waals surface area contributed by atoms with Gasteiger partial charge in [0.15, 0.2) is 0 Å². The zero-order valence-corrected chi connectivity index (χ0v) is 15.0. The van der Waals surface area contributed by atoms with Crippen LogP contribution < -0.4 is 10.2 Å². The van der Waals surface area contributed by atoms with Gasteiger partial charge in [0.1, 0.15) is 6.61 Å². The smallest absolute Gasteiger partial charge is 0.329 e.